The average molecular weight is 426 g/mol. The molecule has 0 radical (unpaired) electrons. The van der Waals surface area contributed by atoms with Gasteiger partial charge in [0.15, 0.2) is 17.3 Å². The van der Waals surface area contributed by atoms with Crippen molar-refractivity contribution in [3.05, 3.63) is 53.5 Å². The Morgan fingerprint density at radius 1 is 1.19 bits per heavy atom. The summed E-state index contributed by atoms with van der Waals surface area (Å²) in [6, 6.07) is 10.1. The van der Waals surface area contributed by atoms with Crippen LogP contribution in [0.2, 0.25) is 0 Å². The lowest BCUT2D eigenvalue weighted by Crippen LogP contribution is -2.34. The summed E-state index contributed by atoms with van der Waals surface area (Å²) in [7, 11) is 1.58. The van der Waals surface area contributed by atoms with Crippen molar-refractivity contribution in [1.82, 2.24) is 15.1 Å². The smallest absolute Gasteiger partial charge is 0.161 e. The third-order valence-corrected chi connectivity index (χ3v) is 5.98. The molecular weight excluding hydrogens is 397 g/mol. The van der Waals surface area contributed by atoms with Gasteiger partial charge in [-0.2, -0.15) is 5.10 Å². The van der Waals surface area contributed by atoms with Crippen LogP contribution < -0.4 is 9.47 Å². The number of benzene rings is 2. The Bertz CT molecular complexity index is 1060. The van der Waals surface area contributed by atoms with Crippen LogP contribution in [0.25, 0.3) is 10.9 Å². The van der Waals surface area contributed by atoms with Crippen molar-refractivity contribution in [1.29, 1.82) is 0 Å². The molecule has 0 saturated carbocycles. The highest BCUT2D eigenvalue weighted by atomic mass is 19.1. The highest BCUT2D eigenvalue weighted by Gasteiger charge is 2.24. The van der Waals surface area contributed by atoms with Gasteiger partial charge >= 0.3 is 0 Å². The number of ketones is 1. The van der Waals surface area contributed by atoms with Crippen LogP contribution in [0.15, 0.2) is 36.4 Å². The number of rotatable bonds is 8. The summed E-state index contributed by atoms with van der Waals surface area (Å²) in [6.07, 6.45) is 2.99. The number of carbonyl (C=O) groups is 1. The number of aromatic nitrogens is 2. The topological polar surface area (TPSA) is 67.5 Å². The Morgan fingerprint density at radius 3 is 2.74 bits per heavy atom. The van der Waals surface area contributed by atoms with Gasteiger partial charge in [-0.25, -0.2) is 4.39 Å². The highest BCUT2D eigenvalue weighted by Crippen LogP contribution is 2.32. The van der Waals surface area contributed by atoms with Crippen molar-refractivity contribution in [2.45, 2.75) is 32.1 Å². The summed E-state index contributed by atoms with van der Waals surface area (Å²) in [5.74, 6) is 1.40. The van der Waals surface area contributed by atoms with E-state index in [9.17, 15) is 9.18 Å². The van der Waals surface area contributed by atoms with E-state index in [4.69, 9.17) is 9.47 Å². The molecule has 7 heteroatoms. The van der Waals surface area contributed by atoms with Gasteiger partial charge in [-0.15, -0.1) is 0 Å². The molecule has 0 bridgehead atoms. The van der Waals surface area contributed by atoms with Gasteiger partial charge in [0, 0.05) is 23.4 Å². The zero-order valence-electron chi connectivity index (χ0n) is 18.0. The normalized spacial score (nSPS) is 15.3. The first-order valence-corrected chi connectivity index (χ1v) is 10.7. The minimum atomic E-state index is -0.243. The molecule has 1 N–H and O–H groups in total. The van der Waals surface area contributed by atoms with Crippen LogP contribution in [-0.4, -0.2) is 54.2 Å². The second-order valence-corrected chi connectivity index (χ2v) is 8.04. The largest absolute Gasteiger partial charge is 0.493 e. The lowest BCUT2D eigenvalue weighted by molar-refractivity contribution is 0.101. The van der Waals surface area contributed by atoms with E-state index in [2.05, 4.69) is 15.1 Å². The summed E-state index contributed by atoms with van der Waals surface area (Å²) >= 11 is 0. The molecule has 2 aromatic carbocycles. The van der Waals surface area contributed by atoms with Gasteiger partial charge in [0.1, 0.15) is 5.82 Å². The molecule has 31 heavy (non-hydrogen) atoms. The van der Waals surface area contributed by atoms with Crippen LogP contribution in [0, 0.1) is 5.82 Å². The standard InChI is InChI=1S/C24H28FN3O3/c1-16(29)18-4-7-22(23(14-18)30-2)31-13-3-10-28-11-8-17(9-12-28)24-20-6-5-19(25)15-21(20)26-27-24/h4-7,14-15,17H,3,8-13H2,1-2H3,(H,26,27). The predicted octanol–water partition coefficient (Wildman–Crippen LogP) is 4.56. The van der Waals surface area contributed by atoms with Crippen LogP contribution in [0.5, 0.6) is 11.5 Å². The van der Waals surface area contributed by atoms with Gasteiger partial charge in [-0.05, 0) is 75.7 Å². The van der Waals surface area contributed by atoms with E-state index >= 15 is 0 Å². The van der Waals surface area contributed by atoms with Crippen LogP contribution in [0.1, 0.15) is 48.2 Å². The first kappa shape index (κ1) is 21.3. The van der Waals surface area contributed by atoms with Gasteiger partial charge < -0.3 is 14.4 Å². The lowest BCUT2D eigenvalue weighted by Gasteiger charge is -2.31. The van der Waals surface area contributed by atoms with Crippen LogP contribution in [0.3, 0.4) is 0 Å². The Hall–Kier alpha value is -2.93. The maximum absolute atomic E-state index is 13.4. The number of hydrogen-bond acceptors (Lipinski definition) is 5. The van der Waals surface area contributed by atoms with E-state index in [1.807, 2.05) is 6.07 Å². The Morgan fingerprint density at radius 2 is 2.00 bits per heavy atom. The van der Waals surface area contributed by atoms with Crippen molar-refractivity contribution < 1.29 is 18.7 Å². The molecule has 1 aliphatic rings. The molecule has 1 fully saturated rings. The number of likely N-dealkylation sites (tertiary alicyclic amines) is 1. The van der Waals surface area contributed by atoms with Crippen molar-refractivity contribution in [2.75, 3.05) is 33.4 Å². The van der Waals surface area contributed by atoms with Crippen molar-refractivity contribution in [3.63, 3.8) is 0 Å². The fourth-order valence-electron chi connectivity index (χ4n) is 4.23. The number of aromatic amines is 1. The summed E-state index contributed by atoms with van der Waals surface area (Å²) in [6.45, 7) is 5.11. The highest BCUT2D eigenvalue weighted by molar-refractivity contribution is 5.94. The van der Waals surface area contributed by atoms with Crippen LogP contribution in [-0.2, 0) is 0 Å². The van der Waals surface area contributed by atoms with E-state index in [1.54, 1.807) is 25.3 Å². The van der Waals surface area contributed by atoms with Gasteiger partial charge in [-0.1, -0.05) is 0 Å². The number of fused-ring (bicyclic) bond motifs is 1. The number of carbonyl (C=O) groups excluding carboxylic acids is 1. The molecule has 0 spiro atoms. The molecule has 1 aromatic heterocycles. The van der Waals surface area contributed by atoms with E-state index in [-0.39, 0.29) is 11.6 Å². The lowest BCUT2D eigenvalue weighted by atomic mass is 9.91. The number of halogens is 1. The molecule has 0 aliphatic carbocycles. The second-order valence-electron chi connectivity index (χ2n) is 8.04. The van der Waals surface area contributed by atoms with Gasteiger partial charge in [0.2, 0.25) is 0 Å². The molecule has 3 aromatic rings. The molecule has 0 atom stereocenters. The van der Waals surface area contributed by atoms with Crippen LogP contribution in [0.4, 0.5) is 4.39 Å². The molecule has 0 unspecified atom stereocenters. The van der Waals surface area contributed by atoms with E-state index in [0.717, 1.165) is 55.5 Å². The van der Waals surface area contributed by atoms with E-state index < -0.39 is 0 Å². The summed E-state index contributed by atoms with van der Waals surface area (Å²) in [5.41, 5.74) is 2.43. The minimum absolute atomic E-state index is 0.00301. The third-order valence-electron chi connectivity index (χ3n) is 5.98. The van der Waals surface area contributed by atoms with Gasteiger partial charge in [0.25, 0.3) is 0 Å². The minimum Gasteiger partial charge on any atom is -0.493 e. The molecule has 4 rings (SSSR count). The molecule has 2 heterocycles. The summed E-state index contributed by atoms with van der Waals surface area (Å²) in [5, 5.41) is 8.46. The first-order valence-electron chi connectivity index (χ1n) is 10.7. The Kier molecular flexibility index (Phi) is 6.51. The number of nitrogens with one attached hydrogen (secondary N) is 1. The van der Waals surface area contributed by atoms with Gasteiger partial charge in [0.05, 0.1) is 24.9 Å². The number of nitrogens with zero attached hydrogens (tertiary/aromatic N) is 2. The second kappa shape index (κ2) is 9.47. The van der Waals surface area contributed by atoms with Gasteiger partial charge in [-0.3, -0.25) is 9.89 Å². The fraction of sp³-hybridized carbons (Fsp3) is 0.417. The van der Waals surface area contributed by atoms with Crippen molar-refractivity contribution in [3.8, 4) is 11.5 Å². The van der Waals surface area contributed by atoms with E-state index in [1.165, 1.54) is 19.1 Å². The summed E-state index contributed by atoms with van der Waals surface area (Å²) < 4.78 is 24.6. The number of piperidine rings is 1. The molecule has 1 aliphatic heterocycles. The number of Topliss-reactive ketones (excluding diaryl/α,β-unsaturated/α-hetero) is 1. The summed E-state index contributed by atoms with van der Waals surface area (Å²) in [4.78, 5) is 14.0. The van der Waals surface area contributed by atoms with Crippen LogP contribution >= 0.6 is 0 Å². The zero-order valence-corrected chi connectivity index (χ0v) is 18.0. The maximum atomic E-state index is 13.4. The van der Waals surface area contributed by atoms with Crippen molar-refractivity contribution >= 4 is 16.7 Å². The Balaban J connectivity index is 1.24. The molecule has 164 valence electrons. The van der Waals surface area contributed by atoms with Crippen molar-refractivity contribution in [2.24, 2.45) is 0 Å². The molecular formula is C24H28FN3O3. The fourth-order valence-corrected chi connectivity index (χ4v) is 4.23. The number of ether oxygens (including phenoxy) is 2. The quantitative estimate of drug-likeness (QED) is 0.423. The Labute approximate surface area is 181 Å². The average Bonchev–Trinajstić information content (AvgIpc) is 3.20. The molecule has 1 saturated heterocycles. The number of H-pyrrole nitrogens is 1. The zero-order chi connectivity index (χ0) is 21.8. The molecule has 6 nitrogen and oxygen atoms in total. The SMILES string of the molecule is COc1cc(C(C)=O)ccc1OCCCN1CCC(c2n[nH]c3cc(F)ccc23)CC1. The first-order chi connectivity index (χ1) is 15.0. The predicted molar refractivity (Wildman–Crippen MR) is 118 cm³/mol. The number of methoxy groups -OCH3 is 1. The maximum Gasteiger partial charge on any atom is 0.161 e. The van der Waals surface area contributed by atoms with E-state index in [0.29, 0.717) is 29.6 Å². The monoisotopic (exact) mass is 425 g/mol. The molecule has 0 amide bonds. The third kappa shape index (κ3) is 4.88. The number of hydrogen-bond donors (Lipinski definition) is 1.